The summed E-state index contributed by atoms with van der Waals surface area (Å²) < 4.78 is 57.0. The molecule has 0 amide bonds. The zero-order valence-corrected chi connectivity index (χ0v) is 11.6. The van der Waals surface area contributed by atoms with Crippen molar-refractivity contribution < 1.29 is 35.3 Å². The van der Waals surface area contributed by atoms with Gasteiger partial charge in [-0.2, -0.15) is 8.42 Å². The van der Waals surface area contributed by atoms with E-state index in [0.717, 1.165) is 13.4 Å². The Hall–Kier alpha value is 0.140. The molecule has 0 aromatic rings. The summed E-state index contributed by atoms with van der Waals surface area (Å²) in [5.41, 5.74) is 0. The minimum Gasteiger partial charge on any atom is -0.409 e. The van der Waals surface area contributed by atoms with Gasteiger partial charge in [-0.1, -0.05) is 23.2 Å². The minimum atomic E-state index is -4.58. The molecule has 0 saturated carbocycles. The van der Waals surface area contributed by atoms with Crippen molar-refractivity contribution in [2.24, 2.45) is 0 Å². The van der Waals surface area contributed by atoms with Gasteiger partial charge in [-0.3, -0.25) is 13.6 Å². The molecule has 0 fully saturated rings. The highest BCUT2D eigenvalue weighted by atomic mass is 35.5. The summed E-state index contributed by atoms with van der Waals surface area (Å²) >= 11 is 10.4. The average molecular weight is 331 g/mol. The normalized spacial score (nSPS) is 15.1. The number of hydrogen-bond acceptors (Lipinski definition) is 7. The first-order valence-electron chi connectivity index (χ1n) is 3.80. The molecule has 0 radical (unpaired) electrons. The van der Waals surface area contributed by atoms with Crippen molar-refractivity contribution in [2.75, 3.05) is 20.3 Å². The molecule has 8 nitrogen and oxygen atoms in total. The predicted octanol–water partition coefficient (Wildman–Crippen LogP) is 1.87. The van der Waals surface area contributed by atoms with Crippen LogP contribution in [0.4, 0.5) is 0 Å². The number of phosphoric ester groups is 1. The lowest BCUT2D eigenvalue weighted by Crippen LogP contribution is -2.09. The Morgan fingerprint density at radius 1 is 1.41 bits per heavy atom. The molecular formula is C5H9Cl2O8PS. The zero-order valence-electron chi connectivity index (χ0n) is 8.41. The zero-order chi connectivity index (χ0) is 13.5. The van der Waals surface area contributed by atoms with Gasteiger partial charge in [-0.15, -0.1) is 0 Å². The smallest absolute Gasteiger partial charge is 0.409 e. The second-order valence-corrected chi connectivity index (χ2v) is 6.05. The maximum Gasteiger partial charge on any atom is 0.529 e. The van der Waals surface area contributed by atoms with Crippen LogP contribution in [0.5, 0.6) is 0 Å². The summed E-state index contributed by atoms with van der Waals surface area (Å²) in [7, 11) is -7.49. The highest BCUT2D eigenvalue weighted by Crippen LogP contribution is 2.49. The molecule has 0 rings (SSSR count). The molecule has 0 saturated heterocycles. The van der Waals surface area contributed by atoms with Gasteiger partial charge in [0, 0.05) is 7.11 Å². The fourth-order valence-corrected chi connectivity index (χ4v) is 1.80. The Balaban J connectivity index is 4.14. The first-order valence-corrected chi connectivity index (χ1v) is 7.38. The van der Waals surface area contributed by atoms with Crippen LogP contribution >= 0.6 is 31.0 Å². The van der Waals surface area contributed by atoms with Crippen LogP contribution in [-0.2, 0) is 32.7 Å². The Morgan fingerprint density at radius 3 is 2.41 bits per heavy atom. The summed E-state index contributed by atoms with van der Waals surface area (Å²) in [6, 6.07) is 0. The van der Waals surface area contributed by atoms with Crippen LogP contribution in [0.15, 0.2) is 10.8 Å². The Bertz CT molecular complexity index is 402. The second kappa shape index (κ2) is 7.55. The molecule has 17 heavy (non-hydrogen) atoms. The molecule has 0 aromatic heterocycles. The Kier molecular flexibility index (Phi) is 7.61. The quantitative estimate of drug-likeness (QED) is 0.311. The molecule has 0 aromatic carbocycles. The molecular weight excluding hydrogens is 322 g/mol. The van der Waals surface area contributed by atoms with Crippen molar-refractivity contribution in [1.29, 1.82) is 0 Å². The van der Waals surface area contributed by atoms with Gasteiger partial charge in [-0.25, -0.2) is 8.75 Å². The van der Waals surface area contributed by atoms with Crippen LogP contribution < -0.4 is 0 Å². The third-order valence-corrected chi connectivity index (χ3v) is 3.01. The van der Waals surface area contributed by atoms with E-state index in [2.05, 4.69) is 17.8 Å². The first-order chi connectivity index (χ1) is 7.68. The van der Waals surface area contributed by atoms with E-state index < -0.39 is 31.4 Å². The van der Waals surface area contributed by atoms with E-state index >= 15 is 0 Å². The van der Waals surface area contributed by atoms with Crippen LogP contribution in [0, 0.1) is 0 Å². The number of halogens is 2. The van der Waals surface area contributed by atoms with Crippen LogP contribution in [0.25, 0.3) is 0 Å². The van der Waals surface area contributed by atoms with Gasteiger partial charge in [0.25, 0.3) is 0 Å². The van der Waals surface area contributed by atoms with E-state index in [9.17, 15) is 13.0 Å². The maximum atomic E-state index is 11.5. The fraction of sp³-hybridized carbons (Fsp3) is 0.600. The number of phosphoric acid groups is 1. The SMILES string of the molecule is COP(=O)(OC=C(Cl)Cl)OCCOS(=O)(=O)O. The molecule has 0 bridgehead atoms. The molecule has 1 atom stereocenters. The number of rotatable bonds is 8. The van der Waals surface area contributed by atoms with Crippen LogP contribution in [0.1, 0.15) is 0 Å². The molecule has 0 aliphatic carbocycles. The summed E-state index contributed by atoms with van der Waals surface area (Å²) in [4.78, 5) is 0. The van der Waals surface area contributed by atoms with E-state index in [1.54, 1.807) is 0 Å². The van der Waals surface area contributed by atoms with Crippen LogP contribution in [0.3, 0.4) is 0 Å². The van der Waals surface area contributed by atoms with Crippen molar-refractivity contribution in [2.45, 2.75) is 0 Å². The predicted molar refractivity (Wildman–Crippen MR) is 58.9 cm³/mol. The molecule has 1 unspecified atom stereocenters. The minimum absolute atomic E-state index is 0.319. The monoisotopic (exact) mass is 330 g/mol. The van der Waals surface area contributed by atoms with Crippen molar-refractivity contribution in [1.82, 2.24) is 0 Å². The van der Waals surface area contributed by atoms with Crippen molar-refractivity contribution in [3.63, 3.8) is 0 Å². The first kappa shape index (κ1) is 17.1. The molecule has 12 heteroatoms. The molecule has 102 valence electrons. The van der Waals surface area contributed by atoms with Crippen LogP contribution in [-0.4, -0.2) is 33.3 Å². The topological polar surface area (TPSA) is 108 Å². The summed E-state index contributed by atoms with van der Waals surface area (Å²) in [5.74, 6) is 0. The third-order valence-electron chi connectivity index (χ3n) is 1.06. The molecule has 0 aliphatic heterocycles. The number of hydrogen-bond donors (Lipinski definition) is 1. The standard InChI is InChI=1S/C5H9Cl2O8PS/c1-12-16(8,14-4-5(6)7)13-2-3-15-17(9,10)11/h4H,2-3H2,1H3,(H,9,10,11). The highest BCUT2D eigenvalue weighted by Gasteiger charge is 2.25. The third kappa shape index (κ3) is 9.81. The van der Waals surface area contributed by atoms with Crippen molar-refractivity contribution in [3.05, 3.63) is 10.8 Å². The Morgan fingerprint density at radius 2 is 2.00 bits per heavy atom. The highest BCUT2D eigenvalue weighted by molar-refractivity contribution is 7.80. The molecule has 0 heterocycles. The van der Waals surface area contributed by atoms with Gasteiger partial charge in [0.1, 0.15) is 10.8 Å². The van der Waals surface area contributed by atoms with Crippen LogP contribution in [0.2, 0.25) is 0 Å². The molecule has 0 aliphatic rings. The van der Waals surface area contributed by atoms with Crippen molar-refractivity contribution in [3.8, 4) is 0 Å². The lowest BCUT2D eigenvalue weighted by molar-refractivity contribution is 0.136. The fourth-order valence-electron chi connectivity index (χ4n) is 0.519. The Labute approximate surface area is 108 Å². The van der Waals surface area contributed by atoms with Crippen molar-refractivity contribution >= 4 is 41.4 Å². The lowest BCUT2D eigenvalue weighted by atomic mass is 10.8. The molecule has 0 spiro atoms. The van der Waals surface area contributed by atoms with Gasteiger partial charge in [0.05, 0.1) is 13.2 Å². The second-order valence-electron chi connectivity index (χ2n) is 2.23. The van der Waals surface area contributed by atoms with E-state index in [-0.39, 0.29) is 4.49 Å². The summed E-state index contributed by atoms with van der Waals surface area (Å²) in [6.45, 7) is -1.05. The van der Waals surface area contributed by atoms with Gasteiger partial charge in [-0.05, 0) is 0 Å². The van der Waals surface area contributed by atoms with E-state index in [0.29, 0.717) is 0 Å². The van der Waals surface area contributed by atoms with Gasteiger partial charge in [0.15, 0.2) is 0 Å². The molecule has 1 N–H and O–H groups in total. The van der Waals surface area contributed by atoms with E-state index in [4.69, 9.17) is 27.8 Å². The van der Waals surface area contributed by atoms with E-state index in [1.807, 2.05) is 0 Å². The lowest BCUT2D eigenvalue weighted by Gasteiger charge is -2.13. The van der Waals surface area contributed by atoms with Gasteiger partial charge in [0.2, 0.25) is 0 Å². The van der Waals surface area contributed by atoms with Gasteiger partial charge >= 0.3 is 18.2 Å². The summed E-state index contributed by atoms with van der Waals surface area (Å²) in [5, 5.41) is 0. The largest absolute Gasteiger partial charge is 0.529 e. The average Bonchev–Trinajstić information content (AvgIpc) is 2.20. The summed E-state index contributed by atoms with van der Waals surface area (Å²) in [6.07, 6.45) is 0.719. The van der Waals surface area contributed by atoms with E-state index in [1.165, 1.54) is 0 Å². The van der Waals surface area contributed by atoms with Gasteiger partial charge < -0.3 is 4.52 Å². The maximum absolute atomic E-state index is 11.5.